The fourth-order valence-corrected chi connectivity index (χ4v) is 13.1. The van der Waals surface area contributed by atoms with Gasteiger partial charge in [0.05, 0.1) is 0 Å². The van der Waals surface area contributed by atoms with Gasteiger partial charge in [-0.1, -0.05) is 249 Å². The Morgan fingerprint density at radius 3 is 0.304 bits per heavy atom. The summed E-state index contributed by atoms with van der Waals surface area (Å²) < 4.78 is 33.4. The van der Waals surface area contributed by atoms with Gasteiger partial charge in [-0.2, -0.15) is 0 Å². The van der Waals surface area contributed by atoms with Crippen LogP contribution in [-0.4, -0.2) is 115 Å². The summed E-state index contributed by atoms with van der Waals surface area (Å²) in [5, 5.41) is 70.5. The predicted octanol–water partition coefficient (Wildman–Crippen LogP) is 14.8. The molecule has 0 atom stereocenters. The lowest BCUT2D eigenvalue weighted by Gasteiger charge is -2.39. The van der Waals surface area contributed by atoms with Crippen LogP contribution in [0.1, 0.15) is 326 Å². The van der Waals surface area contributed by atoms with Crippen LogP contribution in [0, 0.1) is 65.0 Å². The zero-order valence-corrected chi connectivity index (χ0v) is 65.2. The first-order valence-electron chi connectivity index (χ1n) is 33.2. The summed E-state index contributed by atoms with van der Waals surface area (Å²) in [7, 11) is -4.56. The van der Waals surface area contributed by atoms with Crippen LogP contribution in [-0.2, 0) is 56.7 Å². The zero-order chi connectivity index (χ0) is 74.3. The third-order valence-corrected chi connectivity index (χ3v) is 13.4. The molecule has 92 heavy (non-hydrogen) atoms. The van der Waals surface area contributed by atoms with Crippen molar-refractivity contribution in [3.63, 3.8) is 0 Å². The minimum Gasteiger partial charge on any atom is -0.460 e. The van der Waals surface area contributed by atoms with Crippen molar-refractivity contribution in [2.75, 3.05) is 0 Å². The molecule has 6 N–H and O–H groups in total. The van der Waals surface area contributed by atoms with Gasteiger partial charge in [0, 0.05) is 0 Å². The maximum absolute atomic E-state index is 13.8. The largest absolute Gasteiger partial charge is 0.870 e. The van der Waals surface area contributed by atoms with E-state index in [2.05, 4.69) is 0 Å². The van der Waals surface area contributed by atoms with E-state index in [9.17, 15) is 59.4 Å². The molecule has 0 aliphatic rings. The minimum atomic E-state index is -2.28. The van der Waals surface area contributed by atoms with E-state index < -0.39 is 149 Å². The molecule has 0 saturated heterocycles. The molecule has 0 aromatic rings. The van der Waals surface area contributed by atoms with Crippen LogP contribution in [0.4, 0.5) is 0 Å². The zero-order valence-electron chi connectivity index (χ0n) is 65.2. The van der Waals surface area contributed by atoms with Crippen LogP contribution < -0.4 is 0 Å². The summed E-state index contributed by atoms with van der Waals surface area (Å²) in [6, 6.07) is 0. The highest BCUT2D eigenvalue weighted by Crippen LogP contribution is 2.44. The van der Waals surface area contributed by atoms with Crippen LogP contribution >= 0.6 is 0 Å². The molecule has 0 aliphatic carbocycles. The van der Waals surface area contributed by atoms with Gasteiger partial charge in [-0.05, 0) is 142 Å². The van der Waals surface area contributed by atoms with Gasteiger partial charge < -0.3 is 58.6 Å². The van der Waals surface area contributed by atoms with Gasteiger partial charge >= 0.3 is 50.5 Å². The first kappa shape index (κ1) is 90.8. The fraction of sp³-hybridized carbons (Fsp3) is 0.917. The fourth-order valence-electron chi connectivity index (χ4n) is 13.1. The Morgan fingerprint density at radius 2 is 0.250 bits per heavy atom. The average Bonchev–Trinajstić information content (AvgIpc) is 3.15. The van der Waals surface area contributed by atoms with Crippen LogP contribution in [0.3, 0.4) is 0 Å². The van der Waals surface area contributed by atoms with Crippen molar-refractivity contribution in [3.8, 4) is 0 Å². The van der Waals surface area contributed by atoms with Crippen molar-refractivity contribution in [2.45, 2.75) is 360 Å². The number of hydrogen-bond acceptors (Lipinski definition) is 18. The van der Waals surface area contributed by atoms with Gasteiger partial charge in [-0.3, -0.25) is 28.8 Å². The summed E-state index contributed by atoms with van der Waals surface area (Å²) in [5.41, 5.74) is -18.4. The van der Waals surface area contributed by atoms with Gasteiger partial charge in [-0.15, -0.1) is 0 Å². The van der Waals surface area contributed by atoms with E-state index in [4.69, 9.17) is 27.9 Å². The lowest BCUT2D eigenvalue weighted by molar-refractivity contribution is -0.180. The maximum Gasteiger partial charge on any atom is 0.870 e. The molecule has 20 heteroatoms. The SMILES string of the molecule is CC(C)(C)CC(O)(CC(C)(C)C)C(=O)OB(OC(=O)C(O)(CC(C)(C)C)CC(C)(C)C)OC(=O)C(O)(CC(C)(C)C)CC(C)(C)C.CC(C)(C)CC(O)(CC(C)(C)C)C(=O)OB(OC(=O)C(O)(CC(C)(C)C)CC(C)(C)C)OC(=O)C(O)(CC(C)(C)C)CC(C)(C)C. The first-order valence-corrected chi connectivity index (χ1v) is 33.2. The highest BCUT2D eigenvalue weighted by Gasteiger charge is 2.57. The normalized spacial score (nSPS) is 14.5. The van der Waals surface area contributed by atoms with Gasteiger partial charge in [0.15, 0.2) is 33.6 Å². The first-order chi connectivity index (χ1) is 39.6. The van der Waals surface area contributed by atoms with Crippen LogP contribution in [0.5, 0.6) is 0 Å². The third kappa shape index (κ3) is 38.5. The molecule has 18 nitrogen and oxygen atoms in total. The standard InChI is InChI=1S/2C36H69BO9/c2*1-28(2,3)19-34(41,20-29(4,5)6)25(38)44-37(45-26(39)35(42,21-30(7,8)9)22-31(10,11)12)46-27(40)36(43,23-32(13,14)15)24-33(16,17)18/h2*41-43H,19-24H2,1-18H3. The van der Waals surface area contributed by atoms with Crippen LogP contribution in [0.2, 0.25) is 0 Å². The predicted molar refractivity (Wildman–Crippen MR) is 367 cm³/mol. The number of carbonyl (C=O) groups excluding carboxylic acids is 6. The second-order valence-electron chi connectivity index (χ2n) is 42.0. The summed E-state index contributed by atoms with van der Waals surface area (Å²) in [5.74, 6) is -6.87. The van der Waals surface area contributed by atoms with Gasteiger partial charge in [-0.25, -0.2) is 0 Å². The van der Waals surface area contributed by atoms with Crippen molar-refractivity contribution in [2.24, 2.45) is 65.0 Å². The van der Waals surface area contributed by atoms with E-state index in [1.807, 2.05) is 249 Å². The lowest BCUT2D eigenvalue weighted by Crippen LogP contribution is -2.54. The minimum absolute atomic E-state index is 0.000682. The smallest absolute Gasteiger partial charge is 0.460 e. The van der Waals surface area contributed by atoms with Crippen LogP contribution in [0.25, 0.3) is 0 Å². The Labute approximate surface area is 560 Å². The Bertz CT molecular complexity index is 1880. The Morgan fingerprint density at radius 1 is 0.185 bits per heavy atom. The number of hydrogen-bond donors (Lipinski definition) is 6. The lowest BCUT2D eigenvalue weighted by atomic mass is 9.73. The van der Waals surface area contributed by atoms with Crippen molar-refractivity contribution in [3.05, 3.63) is 0 Å². The van der Waals surface area contributed by atoms with Gasteiger partial charge in [0.1, 0.15) is 0 Å². The molecule has 0 saturated carbocycles. The molecule has 0 aliphatic heterocycles. The Hall–Kier alpha value is -3.29. The van der Waals surface area contributed by atoms with E-state index in [1.54, 1.807) is 0 Å². The molecule has 0 spiro atoms. The molecule has 0 amide bonds. The maximum atomic E-state index is 13.8. The van der Waals surface area contributed by atoms with Crippen molar-refractivity contribution in [1.29, 1.82) is 0 Å². The molecule has 0 unspecified atom stereocenters. The Kier molecular flexibility index (Phi) is 30.2. The molecule has 0 radical (unpaired) electrons. The number of aliphatic hydroxyl groups is 6. The molecule has 540 valence electrons. The van der Waals surface area contributed by atoms with E-state index in [-0.39, 0.29) is 77.0 Å². The molecular formula is C72H138B2O18. The van der Waals surface area contributed by atoms with E-state index >= 15 is 0 Å². The molecule has 0 bridgehead atoms. The summed E-state index contributed by atoms with van der Waals surface area (Å²) in [4.78, 5) is 83.0. The van der Waals surface area contributed by atoms with E-state index in [1.165, 1.54) is 0 Å². The van der Waals surface area contributed by atoms with Crippen molar-refractivity contribution < 1.29 is 87.3 Å². The monoisotopic (exact) mass is 1310 g/mol. The summed E-state index contributed by atoms with van der Waals surface area (Å²) in [6.45, 7) is 67.1. The van der Waals surface area contributed by atoms with Gasteiger partial charge in [0.25, 0.3) is 0 Å². The molecule has 0 rings (SSSR count). The summed E-state index contributed by atoms with van der Waals surface area (Å²) >= 11 is 0. The van der Waals surface area contributed by atoms with Crippen molar-refractivity contribution in [1.82, 2.24) is 0 Å². The second kappa shape index (κ2) is 30.6. The van der Waals surface area contributed by atoms with E-state index in [0.29, 0.717) is 0 Å². The number of rotatable bonds is 24. The molecule has 0 heterocycles. The molecule has 0 aromatic carbocycles. The highest BCUT2D eigenvalue weighted by atomic mass is 16.8. The van der Waals surface area contributed by atoms with Gasteiger partial charge in [0.2, 0.25) is 0 Å². The second-order valence-corrected chi connectivity index (χ2v) is 42.0. The molecule has 0 fully saturated rings. The number of carbonyl (C=O) groups is 6. The van der Waals surface area contributed by atoms with Crippen molar-refractivity contribution >= 4 is 50.5 Å². The third-order valence-electron chi connectivity index (χ3n) is 13.4. The summed E-state index contributed by atoms with van der Waals surface area (Å²) in [6.07, 6.45) is 0.00819. The van der Waals surface area contributed by atoms with Crippen LogP contribution in [0.15, 0.2) is 0 Å². The molecular weight excluding hydrogens is 1170 g/mol. The average molecular weight is 1310 g/mol. The quantitative estimate of drug-likeness (QED) is 0.0490. The topological polar surface area (TPSA) is 279 Å². The Balaban J connectivity index is 0. The highest BCUT2D eigenvalue weighted by molar-refractivity contribution is 6.45. The molecule has 0 aromatic heterocycles. The van der Waals surface area contributed by atoms with E-state index in [0.717, 1.165) is 0 Å².